The van der Waals surface area contributed by atoms with Crippen LogP contribution in [0.3, 0.4) is 0 Å². The van der Waals surface area contributed by atoms with E-state index < -0.39 is 31.5 Å². The molecule has 2 aliphatic heterocycles. The van der Waals surface area contributed by atoms with Crippen molar-refractivity contribution in [2.24, 2.45) is 29.1 Å². The number of nitrogens with one attached hydrogen (secondary N) is 1. The van der Waals surface area contributed by atoms with E-state index in [2.05, 4.69) is 92.9 Å². The molecule has 7 heteroatoms. The molecule has 3 N–H and O–H groups in total. The second-order valence-electron chi connectivity index (χ2n) is 20.8. The quantitative estimate of drug-likeness (QED) is 0.194. The smallest absolute Gasteiger partial charge is 0.200 e. The normalized spacial score (nSPS) is 42.1. The molecular formula is C46H67NO5Si. The van der Waals surface area contributed by atoms with Gasteiger partial charge in [-0.1, -0.05) is 68.0 Å². The largest absolute Gasteiger partial charge is 0.416 e. The van der Waals surface area contributed by atoms with Crippen molar-refractivity contribution in [3.05, 3.63) is 58.3 Å². The summed E-state index contributed by atoms with van der Waals surface area (Å²) in [6.45, 7) is 30.9. The minimum absolute atomic E-state index is 0.0323. The Balaban J connectivity index is 1.16. The van der Waals surface area contributed by atoms with E-state index in [9.17, 15) is 10.2 Å². The van der Waals surface area contributed by atoms with Crippen LogP contribution in [0.5, 0.6) is 0 Å². The number of ether oxygens (including phenoxy) is 2. The topological polar surface area (TPSA) is 83.9 Å². The summed E-state index contributed by atoms with van der Waals surface area (Å²) in [6, 6.07) is 4.80. The standard InChI is InChI=1S/C46H67NO5Si/c1-23(2)40-34(48)21-31-35(51-40)16-17-44(11)45(12)30(15-18-46(31,44)49)41-39-38-33(47-42(39)45)14-13-27-19-28(22-50-53(24(3)4,25(5)6)26(7)8)29-20-32(37(29)36(27)38)43(9,10)52-41/h13-14,21,24-26,28-30,32,34-35,37,40-41,47-49H,1,15-20,22H2,2-12H3/t28-,29-,30+,32+,34-,35+,37+,40-,41+,44-,45-,46-/m1/s1. The van der Waals surface area contributed by atoms with Crippen LogP contribution in [0.15, 0.2) is 35.9 Å². The highest BCUT2D eigenvalue weighted by Gasteiger charge is 2.73. The fourth-order valence-corrected chi connectivity index (χ4v) is 20.3. The monoisotopic (exact) mass is 741 g/mol. The summed E-state index contributed by atoms with van der Waals surface area (Å²) < 4.78 is 21.5. The Morgan fingerprint density at radius 1 is 1.00 bits per heavy atom. The first-order chi connectivity index (χ1) is 24.8. The zero-order chi connectivity index (χ0) is 37.9. The molecule has 3 saturated carbocycles. The van der Waals surface area contributed by atoms with Crippen LogP contribution in [0.25, 0.3) is 10.9 Å². The molecule has 3 fully saturated rings. The lowest BCUT2D eigenvalue weighted by Gasteiger charge is -2.65. The highest BCUT2D eigenvalue weighted by molar-refractivity contribution is 6.77. The van der Waals surface area contributed by atoms with Crippen molar-refractivity contribution in [2.45, 2.75) is 178 Å². The maximum atomic E-state index is 13.2. The second kappa shape index (κ2) is 11.7. The van der Waals surface area contributed by atoms with Gasteiger partial charge in [0.2, 0.25) is 0 Å². The second-order valence-corrected chi connectivity index (χ2v) is 26.3. The predicted octanol–water partition coefficient (Wildman–Crippen LogP) is 9.95. The van der Waals surface area contributed by atoms with Gasteiger partial charge in [-0.15, -0.1) is 0 Å². The Morgan fingerprint density at radius 2 is 1.70 bits per heavy atom. The van der Waals surface area contributed by atoms with Gasteiger partial charge in [-0.3, -0.25) is 0 Å². The predicted molar refractivity (Wildman–Crippen MR) is 215 cm³/mol. The molecule has 2 aromatic rings. The Kier molecular flexibility index (Phi) is 8.11. The van der Waals surface area contributed by atoms with E-state index in [0.29, 0.717) is 46.7 Å². The molecule has 0 unspecified atom stereocenters. The molecule has 12 atom stereocenters. The lowest BCUT2D eigenvalue weighted by Crippen LogP contribution is -2.68. The number of aromatic amines is 1. The van der Waals surface area contributed by atoms with Gasteiger partial charge in [0.1, 0.15) is 12.2 Å². The lowest BCUT2D eigenvalue weighted by atomic mass is 9.42. The molecule has 9 rings (SSSR count). The molecule has 6 nitrogen and oxygen atoms in total. The van der Waals surface area contributed by atoms with E-state index in [-0.39, 0.29) is 29.1 Å². The summed E-state index contributed by atoms with van der Waals surface area (Å²) in [7, 11) is -1.98. The third-order valence-corrected chi connectivity index (χ3v) is 23.6. The average molecular weight is 742 g/mol. The van der Waals surface area contributed by atoms with Gasteiger partial charge < -0.3 is 29.1 Å². The van der Waals surface area contributed by atoms with Gasteiger partial charge in [0.05, 0.1) is 23.4 Å². The van der Waals surface area contributed by atoms with Crippen LogP contribution in [0.4, 0.5) is 0 Å². The zero-order valence-electron chi connectivity index (χ0n) is 34.4. The Bertz CT molecular complexity index is 1870. The molecule has 0 bridgehead atoms. The highest BCUT2D eigenvalue weighted by atomic mass is 28.4. The van der Waals surface area contributed by atoms with Crippen LogP contribution in [0.1, 0.15) is 143 Å². The van der Waals surface area contributed by atoms with Crippen LogP contribution >= 0.6 is 0 Å². The molecule has 1 aromatic carbocycles. The number of aliphatic hydroxyl groups is 2. The molecule has 0 spiro atoms. The molecular weight excluding hydrogens is 675 g/mol. The molecule has 1 aromatic heterocycles. The number of hydrogen-bond acceptors (Lipinski definition) is 5. The Morgan fingerprint density at radius 3 is 2.36 bits per heavy atom. The summed E-state index contributed by atoms with van der Waals surface area (Å²) in [4.78, 5) is 4.09. The van der Waals surface area contributed by atoms with E-state index in [4.69, 9.17) is 13.9 Å². The van der Waals surface area contributed by atoms with Crippen LogP contribution in [-0.4, -0.2) is 59.6 Å². The van der Waals surface area contributed by atoms with E-state index in [1.54, 1.807) is 5.56 Å². The molecule has 7 aliphatic rings. The van der Waals surface area contributed by atoms with Gasteiger partial charge in [-0.2, -0.15) is 0 Å². The molecule has 0 saturated heterocycles. The van der Waals surface area contributed by atoms with Crippen molar-refractivity contribution < 1.29 is 24.1 Å². The first kappa shape index (κ1) is 36.9. The van der Waals surface area contributed by atoms with Gasteiger partial charge in [0, 0.05) is 45.5 Å². The SMILES string of the molecule is C=C(C)[C@H]1O[C@H]2CC[C@@]3(C)[C@@](O)(CC[C@H]4[C@@H]5OC(C)(C)[C@H]6C[C@@H]7[C@@H](CO[Si](C(C)C)(C(C)C)C(C)C)Cc8ccc9[nH]c(c5c9c8[C@@H]76)[C@@]43C)C2=C[C@H]1O. The molecule has 5 aliphatic carbocycles. The van der Waals surface area contributed by atoms with Crippen molar-refractivity contribution in [3.8, 4) is 0 Å². The number of benzene rings is 1. The van der Waals surface area contributed by atoms with Crippen molar-refractivity contribution in [3.63, 3.8) is 0 Å². The highest BCUT2D eigenvalue weighted by Crippen LogP contribution is 2.74. The number of aliphatic hydroxyl groups excluding tert-OH is 1. The summed E-state index contributed by atoms with van der Waals surface area (Å²) in [5.41, 5.74) is 8.24. The number of aromatic nitrogens is 1. The van der Waals surface area contributed by atoms with Crippen molar-refractivity contribution in [2.75, 3.05) is 6.61 Å². The van der Waals surface area contributed by atoms with Crippen LogP contribution in [-0.2, 0) is 25.7 Å². The van der Waals surface area contributed by atoms with Crippen LogP contribution < -0.4 is 0 Å². The maximum Gasteiger partial charge on any atom is 0.200 e. The van der Waals surface area contributed by atoms with Crippen LogP contribution in [0, 0.1) is 29.1 Å². The summed E-state index contributed by atoms with van der Waals surface area (Å²) in [6.07, 6.45) is 5.89. The van der Waals surface area contributed by atoms with Crippen molar-refractivity contribution in [1.82, 2.24) is 4.98 Å². The van der Waals surface area contributed by atoms with Gasteiger partial charge in [0.25, 0.3) is 0 Å². The fraction of sp³-hybridized carbons (Fsp3) is 0.739. The average Bonchev–Trinajstić information content (AvgIpc) is 3.54. The molecule has 0 radical (unpaired) electrons. The lowest BCUT2D eigenvalue weighted by molar-refractivity contribution is -0.218. The molecule has 3 heterocycles. The minimum atomic E-state index is -1.98. The van der Waals surface area contributed by atoms with E-state index in [0.717, 1.165) is 43.4 Å². The van der Waals surface area contributed by atoms with E-state index in [1.165, 1.54) is 34.1 Å². The summed E-state index contributed by atoms with van der Waals surface area (Å²) in [5.74, 6) is 2.29. The molecule has 53 heavy (non-hydrogen) atoms. The van der Waals surface area contributed by atoms with Crippen molar-refractivity contribution >= 4 is 19.2 Å². The number of rotatable bonds is 7. The third kappa shape index (κ3) is 4.45. The van der Waals surface area contributed by atoms with E-state index >= 15 is 0 Å². The van der Waals surface area contributed by atoms with Gasteiger partial charge >= 0.3 is 0 Å². The molecule has 290 valence electrons. The number of fused-ring (bicyclic) bond motifs is 7. The van der Waals surface area contributed by atoms with Crippen molar-refractivity contribution in [1.29, 1.82) is 0 Å². The summed E-state index contributed by atoms with van der Waals surface area (Å²) >= 11 is 0. The maximum absolute atomic E-state index is 13.2. The number of H-pyrrole nitrogens is 1. The summed E-state index contributed by atoms with van der Waals surface area (Å²) in [5, 5.41) is 25.8. The minimum Gasteiger partial charge on any atom is -0.416 e. The number of hydrogen-bond donors (Lipinski definition) is 3. The Hall–Kier alpha value is -1.74. The van der Waals surface area contributed by atoms with Gasteiger partial charge in [0.15, 0.2) is 8.32 Å². The molecule has 0 amide bonds. The zero-order valence-corrected chi connectivity index (χ0v) is 35.4. The van der Waals surface area contributed by atoms with Gasteiger partial charge in [-0.05, 0) is 134 Å². The first-order valence-electron chi connectivity index (χ1n) is 21.3. The van der Waals surface area contributed by atoms with Crippen LogP contribution in [0.2, 0.25) is 16.6 Å². The van der Waals surface area contributed by atoms with E-state index in [1.807, 2.05) is 13.0 Å². The third-order valence-electron chi connectivity index (χ3n) is 17.5. The van der Waals surface area contributed by atoms with Gasteiger partial charge in [-0.25, -0.2) is 0 Å². The first-order valence-corrected chi connectivity index (χ1v) is 23.4. The fourth-order valence-electron chi connectivity index (χ4n) is 14.8. The Labute approximate surface area is 319 Å².